The Kier molecular flexibility index (Phi) is 5.47. The summed E-state index contributed by atoms with van der Waals surface area (Å²) >= 11 is 1.17. The number of esters is 1. The first-order chi connectivity index (χ1) is 16.3. The molecule has 3 aromatic rings. The normalized spacial score (nSPS) is 22.9. The number of benzene rings is 2. The molecule has 0 fully saturated rings. The van der Waals surface area contributed by atoms with Crippen LogP contribution in [0, 0.1) is 5.92 Å². The van der Waals surface area contributed by atoms with Crippen LogP contribution in [0.3, 0.4) is 0 Å². The topological polar surface area (TPSA) is 79.1 Å². The highest BCUT2D eigenvalue weighted by molar-refractivity contribution is 7.07. The zero-order chi connectivity index (χ0) is 24.0. The van der Waals surface area contributed by atoms with Crippen molar-refractivity contribution in [1.82, 2.24) is 4.57 Å². The lowest BCUT2D eigenvalue weighted by molar-refractivity contribution is -0.160. The first-order valence-corrected chi connectivity index (χ1v) is 11.4. The average Bonchev–Trinajstić information content (AvgIpc) is 3.07. The Morgan fingerprint density at radius 2 is 2.00 bits per heavy atom. The number of hydrogen-bond donors (Lipinski definition) is 0. The molecular formula is C24H20F2N2O5S. The molecule has 2 aromatic carbocycles. The smallest absolute Gasteiger partial charge is 0.387 e. The summed E-state index contributed by atoms with van der Waals surface area (Å²) < 4.78 is 42.6. The quantitative estimate of drug-likeness (QED) is 0.519. The first kappa shape index (κ1) is 22.3. The van der Waals surface area contributed by atoms with Gasteiger partial charge < -0.3 is 14.2 Å². The third kappa shape index (κ3) is 3.67. The van der Waals surface area contributed by atoms with Crippen LogP contribution in [0.5, 0.6) is 11.5 Å². The van der Waals surface area contributed by atoms with Crippen LogP contribution in [-0.2, 0) is 9.53 Å². The molecule has 5 rings (SSSR count). The molecule has 0 saturated carbocycles. The predicted octanol–water partition coefficient (Wildman–Crippen LogP) is 2.85. The molecule has 0 saturated heterocycles. The fourth-order valence-corrected chi connectivity index (χ4v) is 5.53. The predicted molar refractivity (Wildman–Crippen MR) is 120 cm³/mol. The van der Waals surface area contributed by atoms with Crippen LogP contribution in [-0.4, -0.2) is 29.5 Å². The van der Waals surface area contributed by atoms with Crippen molar-refractivity contribution < 1.29 is 27.8 Å². The molecule has 3 unspecified atom stereocenters. The van der Waals surface area contributed by atoms with Crippen molar-refractivity contribution in [1.29, 1.82) is 0 Å². The average molecular weight is 486 g/mol. The van der Waals surface area contributed by atoms with Gasteiger partial charge in [-0.25, -0.2) is 4.99 Å². The minimum atomic E-state index is -2.91. The molecule has 2 aliphatic heterocycles. The summed E-state index contributed by atoms with van der Waals surface area (Å²) in [7, 11) is 0. The summed E-state index contributed by atoms with van der Waals surface area (Å²) in [6.07, 6.45) is 1.65. The second kappa shape index (κ2) is 8.35. The van der Waals surface area contributed by atoms with Crippen molar-refractivity contribution in [3.8, 4) is 11.5 Å². The SMILES string of the molecule is CCOC(=O)C1C2c3ccccc3OC1(C)N=c1sc(=Cc3ccc(OC(F)F)cc3)c(=O)n12. The molecule has 2 bridgehead atoms. The summed E-state index contributed by atoms with van der Waals surface area (Å²) in [5, 5.41) is 0. The van der Waals surface area contributed by atoms with Gasteiger partial charge in [-0.2, -0.15) is 8.78 Å². The van der Waals surface area contributed by atoms with E-state index in [1.807, 2.05) is 18.2 Å². The Labute approximate surface area is 196 Å². The maximum Gasteiger partial charge on any atom is 0.387 e. The van der Waals surface area contributed by atoms with Crippen LogP contribution >= 0.6 is 11.3 Å². The lowest BCUT2D eigenvalue weighted by Gasteiger charge is -2.44. The van der Waals surface area contributed by atoms with Gasteiger partial charge in [0.05, 0.1) is 17.2 Å². The van der Waals surface area contributed by atoms with Gasteiger partial charge in [-0.3, -0.25) is 14.2 Å². The van der Waals surface area contributed by atoms with E-state index in [9.17, 15) is 18.4 Å². The Morgan fingerprint density at radius 1 is 1.26 bits per heavy atom. The van der Waals surface area contributed by atoms with Gasteiger partial charge in [-0.15, -0.1) is 0 Å². The van der Waals surface area contributed by atoms with Gasteiger partial charge in [0.2, 0.25) is 5.72 Å². The number of alkyl halides is 2. The maximum atomic E-state index is 13.5. The molecule has 0 amide bonds. The van der Waals surface area contributed by atoms with Crippen molar-refractivity contribution in [2.45, 2.75) is 32.2 Å². The summed E-state index contributed by atoms with van der Waals surface area (Å²) in [6.45, 7) is 0.715. The Hall–Kier alpha value is -3.53. The van der Waals surface area contributed by atoms with Gasteiger partial charge in [0.25, 0.3) is 5.56 Å². The van der Waals surface area contributed by atoms with Gasteiger partial charge in [-0.1, -0.05) is 41.7 Å². The molecule has 10 heteroatoms. The molecule has 0 N–H and O–H groups in total. The van der Waals surface area contributed by atoms with E-state index < -0.39 is 30.3 Å². The van der Waals surface area contributed by atoms with E-state index in [0.29, 0.717) is 26.2 Å². The second-order valence-electron chi connectivity index (χ2n) is 8.00. The number of hydrogen-bond acceptors (Lipinski definition) is 7. The Bertz CT molecular complexity index is 1430. The van der Waals surface area contributed by atoms with Crippen molar-refractivity contribution in [2.24, 2.45) is 10.9 Å². The fourth-order valence-electron chi connectivity index (χ4n) is 4.43. The van der Waals surface area contributed by atoms with E-state index >= 15 is 0 Å². The molecule has 1 aromatic heterocycles. The van der Waals surface area contributed by atoms with Crippen LogP contribution in [0.2, 0.25) is 0 Å². The van der Waals surface area contributed by atoms with Gasteiger partial charge in [-0.05, 0) is 43.7 Å². The summed E-state index contributed by atoms with van der Waals surface area (Å²) in [5.74, 6) is -0.752. The Balaban J connectivity index is 1.66. The van der Waals surface area contributed by atoms with Crippen LogP contribution in [0.25, 0.3) is 6.08 Å². The zero-order valence-corrected chi connectivity index (χ0v) is 19.1. The van der Waals surface area contributed by atoms with E-state index in [-0.39, 0.29) is 17.9 Å². The number of carbonyl (C=O) groups excluding carboxylic acids is 1. The van der Waals surface area contributed by atoms with Gasteiger partial charge in [0, 0.05) is 5.56 Å². The molecule has 176 valence electrons. The van der Waals surface area contributed by atoms with Crippen LogP contribution in [0.4, 0.5) is 8.78 Å². The third-order valence-corrected chi connectivity index (χ3v) is 6.81. The molecular weight excluding hydrogens is 466 g/mol. The first-order valence-electron chi connectivity index (χ1n) is 10.6. The minimum absolute atomic E-state index is 0.0251. The molecule has 0 radical (unpaired) electrons. The van der Waals surface area contributed by atoms with Crippen molar-refractivity contribution in [3.05, 3.63) is 79.3 Å². The van der Waals surface area contributed by atoms with Crippen LogP contribution in [0.1, 0.15) is 31.0 Å². The third-order valence-electron chi connectivity index (χ3n) is 5.82. The summed E-state index contributed by atoms with van der Waals surface area (Å²) in [4.78, 5) is 31.7. The number of ether oxygens (including phenoxy) is 3. The number of para-hydroxylation sites is 1. The summed E-state index contributed by atoms with van der Waals surface area (Å²) in [6, 6.07) is 12.6. The molecule has 34 heavy (non-hydrogen) atoms. The highest BCUT2D eigenvalue weighted by Crippen LogP contribution is 2.47. The molecule has 7 nitrogen and oxygen atoms in total. The van der Waals surface area contributed by atoms with E-state index in [1.54, 1.807) is 38.1 Å². The lowest BCUT2D eigenvalue weighted by Crippen LogP contribution is -2.58. The molecule has 0 spiro atoms. The number of halogens is 2. The molecule has 3 atom stereocenters. The van der Waals surface area contributed by atoms with Crippen LogP contribution < -0.4 is 24.4 Å². The van der Waals surface area contributed by atoms with Crippen LogP contribution in [0.15, 0.2) is 58.3 Å². The monoisotopic (exact) mass is 486 g/mol. The van der Waals surface area contributed by atoms with Gasteiger partial charge >= 0.3 is 12.6 Å². The van der Waals surface area contributed by atoms with Gasteiger partial charge in [0.15, 0.2) is 4.80 Å². The fraction of sp³-hybridized carbons (Fsp3) is 0.292. The van der Waals surface area contributed by atoms with Crippen molar-refractivity contribution in [2.75, 3.05) is 6.61 Å². The van der Waals surface area contributed by atoms with E-state index in [4.69, 9.17) is 9.47 Å². The number of thiazole rings is 1. The Morgan fingerprint density at radius 3 is 2.71 bits per heavy atom. The second-order valence-corrected chi connectivity index (χ2v) is 9.01. The number of rotatable bonds is 5. The standard InChI is InChI=1S/C24H20F2N2O5S/c1-3-31-21(30)18-19-15-6-4-5-7-16(15)33-24(18,2)27-23-28(19)20(29)17(34-23)12-13-8-10-14(11-9-13)32-22(25)26/h4-12,18-19,22H,3H2,1-2H3. The van der Waals surface area contributed by atoms with E-state index in [1.165, 1.54) is 28.0 Å². The minimum Gasteiger partial charge on any atom is -0.466 e. The summed E-state index contributed by atoms with van der Waals surface area (Å²) in [5.41, 5.74) is -0.219. The number of carbonyl (C=O) groups is 1. The highest BCUT2D eigenvalue weighted by atomic mass is 32.1. The van der Waals surface area contributed by atoms with Crippen molar-refractivity contribution >= 4 is 23.4 Å². The number of nitrogens with zero attached hydrogens (tertiary/aromatic N) is 2. The lowest BCUT2D eigenvalue weighted by atomic mass is 9.81. The molecule has 3 heterocycles. The maximum absolute atomic E-state index is 13.5. The largest absolute Gasteiger partial charge is 0.466 e. The number of fused-ring (bicyclic) bond motifs is 6. The number of aromatic nitrogens is 1. The van der Waals surface area contributed by atoms with Crippen molar-refractivity contribution in [3.63, 3.8) is 0 Å². The van der Waals surface area contributed by atoms with E-state index in [2.05, 4.69) is 9.73 Å². The van der Waals surface area contributed by atoms with E-state index in [0.717, 1.165) is 0 Å². The van der Waals surface area contributed by atoms with Gasteiger partial charge in [0.1, 0.15) is 17.4 Å². The molecule has 0 aliphatic carbocycles. The zero-order valence-electron chi connectivity index (χ0n) is 18.2. The highest BCUT2D eigenvalue weighted by Gasteiger charge is 2.55. The molecule has 2 aliphatic rings.